The van der Waals surface area contributed by atoms with E-state index in [0.717, 1.165) is 46.6 Å². The van der Waals surface area contributed by atoms with Crippen LogP contribution < -0.4 is 15.0 Å². The first-order valence-corrected chi connectivity index (χ1v) is 9.88. The maximum absolute atomic E-state index is 5.91. The molecule has 6 heteroatoms. The number of anilines is 3. The summed E-state index contributed by atoms with van der Waals surface area (Å²) in [5.41, 5.74) is 2.97. The lowest BCUT2D eigenvalue weighted by molar-refractivity contribution is 0.306. The van der Waals surface area contributed by atoms with Gasteiger partial charge in [-0.25, -0.2) is 4.98 Å². The van der Waals surface area contributed by atoms with Crippen molar-refractivity contribution >= 4 is 29.1 Å². The molecule has 0 radical (unpaired) electrons. The van der Waals surface area contributed by atoms with E-state index in [2.05, 4.69) is 20.2 Å². The lowest BCUT2D eigenvalue weighted by Gasteiger charge is -2.17. The van der Waals surface area contributed by atoms with Crippen molar-refractivity contribution in [3.8, 4) is 5.75 Å². The second-order valence-electron chi connectivity index (χ2n) is 6.95. The van der Waals surface area contributed by atoms with Crippen LogP contribution in [0.4, 0.5) is 17.5 Å². The average molecular weight is 395 g/mol. The average Bonchev–Trinajstić information content (AvgIpc) is 3.23. The van der Waals surface area contributed by atoms with E-state index < -0.39 is 0 Å². The van der Waals surface area contributed by atoms with Crippen molar-refractivity contribution in [1.29, 1.82) is 0 Å². The van der Waals surface area contributed by atoms with Gasteiger partial charge in [0.05, 0.1) is 0 Å². The van der Waals surface area contributed by atoms with Crippen molar-refractivity contribution in [2.75, 3.05) is 23.3 Å². The van der Waals surface area contributed by atoms with Crippen LogP contribution in [0.5, 0.6) is 5.75 Å². The molecular weight excluding hydrogens is 372 g/mol. The Bertz CT molecular complexity index is 922. The topological polar surface area (TPSA) is 50.3 Å². The van der Waals surface area contributed by atoms with Gasteiger partial charge in [-0.15, -0.1) is 0 Å². The molecule has 0 bridgehead atoms. The summed E-state index contributed by atoms with van der Waals surface area (Å²) < 4.78 is 5.83. The van der Waals surface area contributed by atoms with Crippen molar-refractivity contribution in [2.45, 2.75) is 26.4 Å². The predicted molar refractivity (Wildman–Crippen MR) is 114 cm³/mol. The normalized spacial score (nSPS) is 13.6. The fraction of sp³-hybridized carbons (Fsp3) is 0.273. The number of hydrogen-bond donors (Lipinski definition) is 1. The molecule has 1 N–H and O–H groups in total. The second kappa shape index (κ2) is 8.48. The number of benzene rings is 2. The van der Waals surface area contributed by atoms with E-state index in [0.29, 0.717) is 12.6 Å². The molecule has 0 atom stereocenters. The highest BCUT2D eigenvalue weighted by Gasteiger charge is 2.15. The summed E-state index contributed by atoms with van der Waals surface area (Å²) in [6.45, 7) is 4.63. The lowest BCUT2D eigenvalue weighted by Crippen LogP contribution is -2.19. The third kappa shape index (κ3) is 4.73. The van der Waals surface area contributed by atoms with Gasteiger partial charge in [0.1, 0.15) is 18.2 Å². The Morgan fingerprint density at radius 1 is 1.00 bits per heavy atom. The molecule has 4 rings (SSSR count). The van der Waals surface area contributed by atoms with Crippen molar-refractivity contribution in [3.63, 3.8) is 0 Å². The first-order valence-electron chi connectivity index (χ1n) is 9.51. The number of halogens is 1. The van der Waals surface area contributed by atoms with Gasteiger partial charge in [0, 0.05) is 35.6 Å². The summed E-state index contributed by atoms with van der Waals surface area (Å²) in [5.74, 6) is 2.43. The van der Waals surface area contributed by atoms with Gasteiger partial charge in [-0.1, -0.05) is 23.7 Å². The van der Waals surface area contributed by atoms with Gasteiger partial charge in [-0.2, -0.15) is 4.98 Å². The van der Waals surface area contributed by atoms with E-state index in [-0.39, 0.29) is 0 Å². The Morgan fingerprint density at radius 3 is 2.43 bits per heavy atom. The molecule has 3 aromatic rings. The van der Waals surface area contributed by atoms with Crippen LogP contribution >= 0.6 is 11.6 Å². The molecule has 0 saturated carbocycles. The third-order valence-corrected chi connectivity index (χ3v) is 4.95. The molecule has 1 fully saturated rings. The molecule has 0 amide bonds. The van der Waals surface area contributed by atoms with E-state index in [4.69, 9.17) is 16.3 Å². The second-order valence-corrected chi connectivity index (χ2v) is 7.39. The van der Waals surface area contributed by atoms with Gasteiger partial charge in [-0.05, 0) is 61.7 Å². The van der Waals surface area contributed by atoms with Crippen LogP contribution in [0, 0.1) is 6.92 Å². The molecule has 2 aromatic carbocycles. The molecule has 144 valence electrons. The summed E-state index contributed by atoms with van der Waals surface area (Å²) in [7, 11) is 0. The Kier molecular flexibility index (Phi) is 5.63. The maximum atomic E-state index is 5.91. The summed E-state index contributed by atoms with van der Waals surface area (Å²) in [4.78, 5) is 11.5. The molecule has 2 heterocycles. The molecule has 1 saturated heterocycles. The summed E-state index contributed by atoms with van der Waals surface area (Å²) in [5, 5.41) is 4.02. The van der Waals surface area contributed by atoms with Crippen LogP contribution in [-0.2, 0) is 6.61 Å². The van der Waals surface area contributed by atoms with Crippen molar-refractivity contribution in [2.24, 2.45) is 0 Å². The quantitative estimate of drug-likeness (QED) is 0.609. The zero-order valence-corrected chi connectivity index (χ0v) is 16.6. The molecule has 28 heavy (non-hydrogen) atoms. The standard InChI is InChI=1S/C22H23ClN4O/c1-16-14-21(27-12-2-3-13-27)26-22(24-16)25-19-8-10-20(11-9-19)28-15-17-4-6-18(23)7-5-17/h4-11,14H,2-3,12-13,15H2,1H3,(H,24,25,26). The number of aromatic nitrogens is 2. The third-order valence-electron chi connectivity index (χ3n) is 4.70. The number of ether oxygens (including phenoxy) is 1. The monoisotopic (exact) mass is 394 g/mol. The SMILES string of the molecule is Cc1cc(N2CCCC2)nc(Nc2ccc(OCc3ccc(Cl)cc3)cc2)n1. The molecule has 0 spiro atoms. The van der Waals surface area contributed by atoms with Crippen LogP contribution in [0.15, 0.2) is 54.6 Å². The summed E-state index contributed by atoms with van der Waals surface area (Å²) >= 11 is 5.91. The van der Waals surface area contributed by atoms with Gasteiger partial charge in [0.25, 0.3) is 0 Å². The van der Waals surface area contributed by atoms with Crippen LogP contribution in [0.25, 0.3) is 0 Å². The van der Waals surface area contributed by atoms with Gasteiger partial charge in [0.15, 0.2) is 0 Å². The fourth-order valence-electron chi connectivity index (χ4n) is 3.23. The van der Waals surface area contributed by atoms with E-state index in [1.54, 1.807) is 0 Å². The largest absolute Gasteiger partial charge is 0.489 e. The van der Waals surface area contributed by atoms with E-state index in [1.807, 2.05) is 61.5 Å². The Morgan fingerprint density at radius 2 is 1.71 bits per heavy atom. The Hall–Kier alpha value is -2.79. The fourth-order valence-corrected chi connectivity index (χ4v) is 3.35. The summed E-state index contributed by atoms with van der Waals surface area (Å²) in [6.07, 6.45) is 2.45. The van der Waals surface area contributed by atoms with Gasteiger partial charge < -0.3 is 15.0 Å². The maximum Gasteiger partial charge on any atom is 0.229 e. The van der Waals surface area contributed by atoms with Gasteiger partial charge in [0.2, 0.25) is 5.95 Å². The number of hydrogen-bond acceptors (Lipinski definition) is 5. The molecule has 1 aliphatic heterocycles. The zero-order valence-electron chi connectivity index (χ0n) is 15.9. The smallest absolute Gasteiger partial charge is 0.229 e. The minimum Gasteiger partial charge on any atom is -0.489 e. The van der Waals surface area contributed by atoms with Crippen LogP contribution in [-0.4, -0.2) is 23.1 Å². The highest BCUT2D eigenvalue weighted by molar-refractivity contribution is 6.30. The number of rotatable bonds is 6. The molecule has 1 aromatic heterocycles. The number of nitrogens with one attached hydrogen (secondary N) is 1. The van der Waals surface area contributed by atoms with Crippen molar-refractivity contribution in [1.82, 2.24) is 9.97 Å². The highest BCUT2D eigenvalue weighted by Crippen LogP contribution is 2.23. The van der Waals surface area contributed by atoms with E-state index in [1.165, 1.54) is 12.8 Å². The lowest BCUT2D eigenvalue weighted by atomic mass is 10.2. The molecule has 0 unspecified atom stereocenters. The molecular formula is C22H23ClN4O. The predicted octanol–water partition coefficient (Wildman–Crippen LogP) is 5.36. The Labute approximate surface area is 170 Å². The minimum absolute atomic E-state index is 0.504. The Balaban J connectivity index is 1.39. The number of aryl methyl sites for hydroxylation is 1. The number of nitrogens with zero attached hydrogens (tertiary/aromatic N) is 3. The van der Waals surface area contributed by atoms with Crippen molar-refractivity contribution < 1.29 is 4.74 Å². The summed E-state index contributed by atoms with van der Waals surface area (Å²) in [6, 6.07) is 17.5. The first kappa shape index (κ1) is 18.6. The van der Waals surface area contributed by atoms with Gasteiger partial charge in [-0.3, -0.25) is 0 Å². The van der Waals surface area contributed by atoms with Gasteiger partial charge >= 0.3 is 0 Å². The molecule has 0 aliphatic carbocycles. The van der Waals surface area contributed by atoms with Crippen LogP contribution in [0.3, 0.4) is 0 Å². The van der Waals surface area contributed by atoms with Crippen LogP contribution in [0.2, 0.25) is 5.02 Å². The zero-order chi connectivity index (χ0) is 19.3. The molecule has 5 nitrogen and oxygen atoms in total. The minimum atomic E-state index is 0.504. The van der Waals surface area contributed by atoms with E-state index >= 15 is 0 Å². The van der Waals surface area contributed by atoms with E-state index in [9.17, 15) is 0 Å². The highest BCUT2D eigenvalue weighted by atomic mass is 35.5. The van der Waals surface area contributed by atoms with Crippen molar-refractivity contribution in [3.05, 3.63) is 70.9 Å². The molecule has 1 aliphatic rings. The van der Waals surface area contributed by atoms with Crippen LogP contribution in [0.1, 0.15) is 24.1 Å². The first-order chi connectivity index (χ1) is 13.7.